The van der Waals surface area contributed by atoms with Crippen LogP contribution >= 0.6 is 0 Å². The van der Waals surface area contributed by atoms with E-state index in [2.05, 4.69) is 10.3 Å². The second-order valence-corrected chi connectivity index (χ2v) is 4.93. The van der Waals surface area contributed by atoms with E-state index in [1.807, 2.05) is 25.1 Å². The Kier molecular flexibility index (Phi) is 3.42. The number of nitrogens with zero attached hydrogens (tertiary/aromatic N) is 2. The molecular formula is C16H16N4O2. The van der Waals surface area contributed by atoms with Crippen LogP contribution in [-0.2, 0) is 0 Å². The monoisotopic (exact) mass is 296 g/mol. The molecule has 3 aromatic rings. The molecular weight excluding hydrogens is 280 g/mol. The van der Waals surface area contributed by atoms with Gasteiger partial charge in [-0.2, -0.15) is 0 Å². The molecule has 0 unspecified atom stereocenters. The van der Waals surface area contributed by atoms with Crippen LogP contribution in [0.3, 0.4) is 0 Å². The summed E-state index contributed by atoms with van der Waals surface area (Å²) in [5.74, 6) is 1.70. The molecule has 0 aliphatic heterocycles. The van der Waals surface area contributed by atoms with Crippen LogP contribution in [0.25, 0.3) is 10.9 Å². The molecule has 1 aromatic carbocycles. The molecule has 0 saturated heterocycles. The lowest BCUT2D eigenvalue weighted by atomic mass is 10.2. The Morgan fingerprint density at radius 1 is 1.27 bits per heavy atom. The first-order chi connectivity index (χ1) is 10.6. The number of aryl methyl sites for hydroxylation is 1. The summed E-state index contributed by atoms with van der Waals surface area (Å²) in [4.78, 5) is 15.8. The van der Waals surface area contributed by atoms with Gasteiger partial charge in [0, 0.05) is 30.9 Å². The third-order valence-corrected chi connectivity index (χ3v) is 3.40. The molecule has 6 heteroatoms. The zero-order valence-electron chi connectivity index (χ0n) is 12.3. The summed E-state index contributed by atoms with van der Waals surface area (Å²) in [5, 5.41) is 3.58. The third kappa shape index (κ3) is 2.46. The van der Waals surface area contributed by atoms with Crippen LogP contribution in [0, 0.1) is 6.92 Å². The Hall–Kier alpha value is -3.02. The van der Waals surface area contributed by atoms with Crippen LogP contribution in [0.4, 0.5) is 10.6 Å². The number of anilines is 1. The molecule has 0 aliphatic carbocycles. The summed E-state index contributed by atoms with van der Waals surface area (Å²) in [7, 11) is 1.61. The molecule has 0 atom stereocenters. The number of carbonyl (C=O) groups excluding carboxylic acids is 1. The average Bonchev–Trinajstić information content (AvgIpc) is 2.83. The lowest BCUT2D eigenvalue weighted by Gasteiger charge is -2.07. The summed E-state index contributed by atoms with van der Waals surface area (Å²) in [6.07, 6.45) is 3.40. The van der Waals surface area contributed by atoms with E-state index in [0.29, 0.717) is 17.3 Å². The van der Waals surface area contributed by atoms with Crippen molar-refractivity contribution in [1.82, 2.24) is 14.9 Å². The van der Waals surface area contributed by atoms with Gasteiger partial charge in [-0.15, -0.1) is 0 Å². The zero-order valence-corrected chi connectivity index (χ0v) is 12.3. The van der Waals surface area contributed by atoms with Gasteiger partial charge >= 0.3 is 6.03 Å². The van der Waals surface area contributed by atoms with Crippen molar-refractivity contribution in [1.29, 1.82) is 0 Å². The number of ether oxygens (including phenoxy) is 1. The molecule has 1 amide bonds. The standard InChI is InChI=1S/C16H16N4O2/c1-10-9-20(16(21)18-2)14-4-3-11(7-13(10)14)22-12-5-6-19-15(17)8-12/h3-9H,1-2H3,(H2,17,19)(H,18,21). The number of amides is 1. The van der Waals surface area contributed by atoms with Gasteiger partial charge in [-0.05, 0) is 36.8 Å². The highest BCUT2D eigenvalue weighted by molar-refractivity contribution is 5.94. The molecule has 0 aliphatic rings. The number of nitrogen functional groups attached to an aromatic ring is 1. The largest absolute Gasteiger partial charge is 0.457 e. The quantitative estimate of drug-likeness (QED) is 0.761. The van der Waals surface area contributed by atoms with Crippen molar-refractivity contribution >= 4 is 22.8 Å². The number of aromatic nitrogens is 2. The Morgan fingerprint density at radius 2 is 2.05 bits per heavy atom. The summed E-state index contributed by atoms with van der Waals surface area (Å²) < 4.78 is 7.37. The predicted molar refractivity (Wildman–Crippen MR) is 85.3 cm³/mol. The Labute approximate surface area is 127 Å². The Bertz CT molecular complexity index is 854. The molecule has 2 heterocycles. The van der Waals surface area contributed by atoms with Crippen molar-refractivity contribution in [3.8, 4) is 11.5 Å². The fourth-order valence-corrected chi connectivity index (χ4v) is 2.35. The van der Waals surface area contributed by atoms with Gasteiger partial charge in [0.05, 0.1) is 5.52 Å². The third-order valence-electron chi connectivity index (χ3n) is 3.40. The molecule has 2 aromatic heterocycles. The van der Waals surface area contributed by atoms with Gasteiger partial charge in [0.1, 0.15) is 17.3 Å². The maximum atomic E-state index is 11.9. The molecule has 0 fully saturated rings. The highest BCUT2D eigenvalue weighted by Gasteiger charge is 2.11. The van der Waals surface area contributed by atoms with Gasteiger partial charge in [0.25, 0.3) is 0 Å². The lowest BCUT2D eigenvalue weighted by molar-refractivity contribution is 0.245. The Morgan fingerprint density at radius 3 is 2.77 bits per heavy atom. The van der Waals surface area contributed by atoms with Crippen molar-refractivity contribution in [2.24, 2.45) is 0 Å². The van der Waals surface area contributed by atoms with E-state index in [4.69, 9.17) is 10.5 Å². The lowest BCUT2D eigenvalue weighted by Crippen LogP contribution is -2.23. The molecule has 0 saturated carbocycles. The fraction of sp³-hybridized carbons (Fsp3) is 0.125. The van der Waals surface area contributed by atoms with E-state index in [0.717, 1.165) is 16.5 Å². The minimum Gasteiger partial charge on any atom is -0.457 e. The van der Waals surface area contributed by atoms with E-state index in [1.54, 1.807) is 36.1 Å². The van der Waals surface area contributed by atoms with Gasteiger partial charge in [-0.25, -0.2) is 9.78 Å². The number of rotatable bonds is 2. The van der Waals surface area contributed by atoms with Crippen molar-refractivity contribution in [2.75, 3.05) is 12.8 Å². The second-order valence-electron chi connectivity index (χ2n) is 4.93. The summed E-state index contributed by atoms with van der Waals surface area (Å²) in [6, 6.07) is 8.81. The van der Waals surface area contributed by atoms with E-state index in [-0.39, 0.29) is 6.03 Å². The second kappa shape index (κ2) is 5.40. The number of nitrogens with one attached hydrogen (secondary N) is 1. The minimum absolute atomic E-state index is 0.173. The molecule has 112 valence electrons. The highest BCUT2D eigenvalue weighted by Crippen LogP contribution is 2.28. The smallest absolute Gasteiger partial charge is 0.325 e. The number of benzene rings is 1. The van der Waals surface area contributed by atoms with Gasteiger partial charge in [0.15, 0.2) is 0 Å². The molecule has 0 bridgehead atoms. The molecule has 6 nitrogen and oxygen atoms in total. The van der Waals surface area contributed by atoms with E-state index in [1.165, 1.54) is 0 Å². The van der Waals surface area contributed by atoms with Gasteiger partial charge in [-0.3, -0.25) is 4.57 Å². The van der Waals surface area contributed by atoms with Crippen molar-refractivity contribution in [3.63, 3.8) is 0 Å². The number of carbonyl (C=O) groups is 1. The van der Waals surface area contributed by atoms with Gasteiger partial charge in [-0.1, -0.05) is 0 Å². The Balaban J connectivity index is 2.00. The van der Waals surface area contributed by atoms with Crippen LogP contribution in [0.2, 0.25) is 0 Å². The normalized spacial score (nSPS) is 10.6. The summed E-state index contributed by atoms with van der Waals surface area (Å²) in [5.41, 5.74) is 7.47. The number of nitrogens with two attached hydrogens (primary N) is 1. The first kappa shape index (κ1) is 13.9. The minimum atomic E-state index is -0.173. The van der Waals surface area contributed by atoms with Gasteiger partial charge in [0.2, 0.25) is 0 Å². The molecule has 0 spiro atoms. The fourth-order valence-electron chi connectivity index (χ4n) is 2.35. The van der Waals surface area contributed by atoms with Crippen LogP contribution < -0.4 is 15.8 Å². The zero-order chi connectivity index (χ0) is 15.7. The molecule has 22 heavy (non-hydrogen) atoms. The summed E-state index contributed by atoms with van der Waals surface area (Å²) >= 11 is 0. The van der Waals surface area contributed by atoms with Crippen LogP contribution in [0.5, 0.6) is 11.5 Å². The maximum absolute atomic E-state index is 11.9. The first-order valence-electron chi connectivity index (χ1n) is 6.81. The van der Waals surface area contributed by atoms with Crippen LogP contribution in [0.15, 0.2) is 42.7 Å². The summed E-state index contributed by atoms with van der Waals surface area (Å²) in [6.45, 7) is 1.95. The number of hydrogen-bond donors (Lipinski definition) is 2. The molecule has 3 rings (SSSR count). The first-order valence-corrected chi connectivity index (χ1v) is 6.81. The van der Waals surface area contributed by atoms with Gasteiger partial charge < -0.3 is 15.8 Å². The predicted octanol–water partition coefficient (Wildman–Crippen LogP) is 2.91. The van der Waals surface area contributed by atoms with Crippen molar-refractivity contribution in [3.05, 3.63) is 48.3 Å². The highest BCUT2D eigenvalue weighted by atomic mass is 16.5. The maximum Gasteiger partial charge on any atom is 0.325 e. The molecule has 0 radical (unpaired) electrons. The van der Waals surface area contributed by atoms with E-state index >= 15 is 0 Å². The van der Waals surface area contributed by atoms with Crippen LogP contribution in [-0.4, -0.2) is 22.6 Å². The topological polar surface area (TPSA) is 82.2 Å². The number of fused-ring (bicyclic) bond motifs is 1. The van der Waals surface area contributed by atoms with Crippen LogP contribution in [0.1, 0.15) is 5.56 Å². The van der Waals surface area contributed by atoms with Crippen molar-refractivity contribution in [2.45, 2.75) is 6.92 Å². The van der Waals surface area contributed by atoms with Crippen molar-refractivity contribution < 1.29 is 9.53 Å². The molecule has 3 N–H and O–H groups in total. The van der Waals surface area contributed by atoms with E-state index in [9.17, 15) is 4.79 Å². The number of hydrogen-bond acceptors (Lipinski definition) is 4. The van der Waals surface area contributed by atoms with E-state index < -0.39 is 0 Å². The SMILES string of the molecule is CNC(=O)n1cc(C)c2cc(Oc3ccnc(N)c3)ccc21. The average molecular weight is 296 g/mol. The number of pyridine rings is 1.